The maximum Gasteiger partial charge on any atom is 0.410 e. The topological polar surface area (TPSA) is 82.6 Å². The lowest BCUT2D eigenvalue weighted by atomic mass is 10.1. The molecule has 2 amide bonds. The molecule has 1 aliphatic heterocycles. The molecule has 0 spiro atoms. The number of unbranched alkanes of at least 4 members (excludes halogenated alkanes) is 1. The van der Waals surface area contributed by atoms with E-state index in [1.807, 2.05) is 51.1 Å². The van der Waals surface area contributed by atoms with E-state index < -0.39 is 5.60 Å². The number of aliphatic hydroxyl groups is 1. The van der Waals surface area contributed by atoms with Crippen molar-refractivity contribution >= 4 is 23.4 Å². The summed E-state index contributed by atoms with van der Waals surface area (Å²) in [5.41, 5.74) is 2.35. The molecule has 8 heteroatoms. The van der Waals surface area contributed by atoms with E-state index in [9.17, 15) is 14.7 Å². The molecule has 0 aliphatic carbocycles. The van der Waals surface area contributed by atoms with Crippen LogP contribution in [0.2, 0.25) is 0 Å². The molecule has 2 aromatic carbocycles. The van der Waals surface area contributed by atoms with E-state index in [1.54, 1.807) is 36.0 Å². The Bertz CT molecular complexity index is 1060. The first-order chi connectivity index (χ1) is 17.5. The first kappa shape index (κ1) is 28.3. The van der Waals surface area contributed by atoms with Gasteiger partial charge in [0.2, 0.25) is 0 Å². The lowest BCUT2D eigenvalue weighted by Gasteiger charge is -2.29. The van der Waals surface area contributed by atoms with E-state index in [1.165, 1.54) is 0 Å². The smallest absolute Gasteiger partial charge is 0.410 e. The summed E-state index contributed by atoms with van der Waals surface area (Å²) < 4.78 is 11.2. The second kappa shape index (κ2) is 12.3. The highest BCUT2D eigenvalue weighted by Gasteiger charge is 2.32. The third-order valence-corrected chi connectivity index (χ3v) is 6.53. The lowest BCUT2D eigenvalue weighted by Crippen LogP contribution is -2.42. The van der Waals surface area contributed by atoms with Crippen LogP contribution in [-0.4, -0.2) is 67.4 Å². The van der Waals surface area contributed by atoms with Crippen LogP contribution in [0.1, 0.15) is 62.9 Å². The van der Waals surface area contributed by atoms with E-state index in [0.29, 0.717) is 24.4 Å². The number of likely N-dealkylation sites (N-methyl/N-ethyl adjacent to an activating group) is 1. The second-order valence-electron chi connectivity index (χ2n) is 10.5. The Balaban J connectivity index is 1.67. The zero-order valence-electron chi connectivity index (χ0n) is 23.0. The van der Waals surface area contributed by atoms with Gasteiger partial charge in [0.25, 0.3) is 5.91 Å². The summed E-state index contributed by atoms with van der Waals surface area (Å²) in [6.45, 7) is 9.59. The summed E-state index contributed by atoms with van der Waals surface area (Å²) >= 11 is 0. The molecule has 3 rings (SSSR count). The number of ether oxygens (including phenoxy) is 2. The molecular formula is C29H41N3O5. The van der Waals surface area contributed by atoms with Gasteiger partial charge in [-0.1, -0.05) is 13.3 Å². The number of nitrogens with zero attached hydrogens (tertiary/aromatic N) is 3. The molecule has 0 aromatic heterocycles. The number of rotatable bonds is 9. The Hall–Kier alpha value is -3.26. The maximum atomic E-state index is 13.1. The highest BCUT2D eigenvalue weighted by atomic mass is 16.6. The number of amides is 2. The SMILES string of the molecule is CCCCOc1ccc(C(=O)N(C)c2ccc(N3CCC(N(C)C(=O)OC(C)(C)C)C3)c(CO)c2)cc1. The van der Waals surface area contributed by atoms with Crippen molar-refractivity contribution in [3.05, 3.63) is 53.6 Å². The number of hydrogen-bond acceptors (Lipinski definition) is 6. The molecule has 202 valence electrons. The predicted octanol–water partition coefficient (Wildman–Crippen LogP) is 5.08. The van der Waals surface area contributed by atoms with Gasteiger partial charge < -0.3 is 29.3 Å². The number of anilines is 2. The minimum atomic E-state index is -0.544. The molecule has 0 saturated carbocycles. The van der Waals surface area contributed by atoms with Crippen LogP contribution in [0, 0.1) is 0 Å². The average Bonchev–Trinajstić information content (AvgIpc) is 3.36. The molecule has 1 saturated heterocycles. The van der Waals surface area contributed by atoms with Crippen LogP contribution in [0.4, 0.5) is 16.2 Å². The predicted molar refractivity (Wildman–Crippen MR) is 147 cm³/mol. The molecule has 1 N–H and O–H groups in total. The van der Waals surface area contributed by atoms with Gasteiger partial charge >= 0.3 is 6.09 Å². The quantitative estimate of drug-likeness (QED) is 0.473. The summed E-state index contributed by atoms with van der Waals surface area (Å²) in [5, 5.41) is 10.1. The Morgan fingerprint density at radius 1 is 1.11 bits per heavy atom. The summed E-state index contributed by atoms with van der Waals surface area (Å²) in [6, 6.07) is 12.9. The fourth-order valence-corrected chi connectivity index (χ4v) is 4.31. The van der Waals surface area contributed by atoms with Crippen molar-refractivity contribution in [2.75, 3.05) is 43.6 Å². The Morgan fingerprint density at radius 2 is 1.81 bits per heavy atom. The number of aliphatic hydroxyl groups excluding tert-OH is 1. The molecule has 1 heterocycles. The van der Waals surface area contributed by atoms with E-state index in [2.05, 4.69) is 11.8 Å². The van der Waals surface area contributed by atoms with Crippen LogP contribution in [0.25, 0.3) is 0 Å². The zero-order valence-corrected chi connectivity index (χ0v) is 23.0. The Kier molecular flexibility index (Phi) is 9.43. The largest absolute Gasteiger partial charge is 0.494 e. The Labute approximate surface area is 220 Å². The first-order valence-corrected chi connectivity index (χ1v) is 13.0. The zero-order chi connectivity index (χ0) is 27.2. The van der Waals surface area contributed by atoms with Crippen molar-refractivity contribution in [2.45, 2.75) is 65.2 Å². The fraction of sp³-hybridized carbons (Fsp3) is 0.517. The first-order valence-electron chi connectivity index (χ1n) is 13.0. The number of carbonyl (C=O) groups excluding carboxylic acids is 2. The van der Waals surface area contributed by atoms with Crippen molar-refractivity contribution in [3.8, 4) is 5.75 Å². The van der Waals surface area contributed by atoms with E-state index in [4.69, 9.17) is 9.47 Å². The van der Waals surface area contributed by atoms with Gasteiger partial charge in [0.05, 0.1) is 19.3 Å². The van der Waals surface area contributed by atoms with Crippen LogP contribution < -0.4 is 14.5 Å². The van der Waals surface area contributed by atoms with Gasteiger partial charge in [0.15, 0.2) is 0 Å². The van der Waals surface area contributed by atoms with Gasteiger partial charge in [0, 0.05) is 49.7 Å². The molecule has 0 bridgehead atoms. The van der Waals surface area contributed by atoms with Crippen LogP contribution in [-0.2, 0) is 11.3 Å². The van der Waals surface area contributed by atoms with Crippen molar-refractivity contribution in [1.29, 1.82) is 0 Å². The molecule has 8 nitrogen and oxygen atoms in total. The minimum Gasteiger partial charge on any atom is -0.494 e. The van der Waals surface area contributed by atoms with Crippen molar-refractivity contribution < 1.29 is 24.2 Å². The van der Waals surface area contributed by atoms with Crippen LogP contribution >= 0.6 is 0 Å². The highest BCUT2D eigenvalue weighted by Crippen LogP contribution is 2.31. The fourth-order valence-electron chi connectivity index (χ4n) is 4.31. The van der Waals surface area contributed by atoms with Crippen molar-refractivity contribution in [3.63, 3.8) is 0 Å². The Morgan fingerprint density at radius 3 is 2.43 bits per heavy atom. The van der Waals surface area contributed by atoms with Crippen molar-refractivity contribution in [2.24, 2.45) is 0 Å². The summed E-state index contributed by atoms with van der Waals surface area (Å²) in [4.78, 5) is 31.0. The molecule has 37 heavy (non-hydrogen) atoms. The molecule has 1 atom stereocenters. The van der Waals surface area contributed by atoms with Gasteiger partial charge in [-0.2, -0.15) is 0 Å². The normalized spacial score (nSPS) is 15.4. The molecule has 2 aromatic rings. The van der Waals surface area contributed by atoms with Gasteiger partial charge in [-0.05, 0) is 76.1 Å². The molecular weight excluding hydrogens is 470 g/mol. The van der Waals surface area contributed by atoms with Crippen LogP contribution in [0.3, 0.4) is 0 Å². The summed E-state index contributed by atoms with van der Waals surface area (Å²) in [5.74, 6) is 0.609. The summed E-state index contributed by atoms with van der Waals surface area (Å²) in [7, 11) is 3.49. The monoisotopic (exact) mass is 511 g/mol. The number of benzene rings is 2. The molecule has 1 aliphatic rings. The van der Waals surface area contributed by atoms with Crippen molar-refractivity contribution in [1.82, 2.24) is 4.90 Å². The summed E-state index contributed by atoms with van der Waals surface area (Å²) in [6.07, 6.45) is 2.53. The van der Waals surface area contributed by atoms with Gasteiger partial charge in [-0.25, -0.2) is 4.79 Å². The van der Waals surface area contributed by atoms with Gasteiger partial charge in [-0.3, -0.25) is 4.79 Å². The lowest BCUT2D eigenvalue weighted by molar-refractivity contribution is 0.0237. The van der Waals surface area contributed by atoms with E-state index >= 15 is 0 Å². The molecule has 0 radical (unpaired) electrons. The van der Waals surface area contributed by atoms with Crippen LogP contribution in [0.15, 0.2) is 42.5 Å². The van der Waals surface area contributed by atoms with Crippen LogP contribution in [0.5, 0.6) is 5.75 Å². The number of hydrogen-bond donors (Lipinski definition) is 1. The van der Waals surface area contributed by atoms with Gasteiger partial charge in [-0.15, -0.1) is 0 Å². The van der Waals surface area contributed by atoms with E-state index in [-0.39, 0.29) is 24.6 Å². The molecule has 1 fully saturated rings. The van der Waals surface area contributed by atoms with E-state index in [0.717, 1.165) is 42.8 Å². The number of carbonyl (C=O) groups is 2. The minimum absolute atomic E-state index is 0.0132. The third kappa shape index (κ3) is 7.38. The third-order valence-electron chi connectivity index (χ3n) is 6.53. The van der Waals surface area contributed by atoms with Gasteiger partial charge in [0.1, 0.15) is 11.4 Å². The standard InChI is InChI=1S/C29H41N3O5/c1-7-8-17-36-25-12-9-21(10-13-25)27(34)30(5)23-11-14-26(22(18-23)20-33)32-16-15-24(19-32)31(6)28(35)37-29(2,3)4/h9-14,18,24,33H,7-8,15-17,19-20H2,1-6H3. The molecule has 1 unspecified atom stereocenters. The second-order valence-corrected chi connectivity index (χ2v) is 10.5. The highest BCUT2D eigenvalue weighted by molar-refractivity contribution is 6.05. The maximum absolute atomic E-state index is 13.1. The average molecular weight is 512 g/mol.